The fraction of sp³-hybridized carbons (Fsp3) is 0.200. The molecule has 1 N–H and O–H groups in total. The Labute approximate surface area is 199 Å². The molecule has 0 aliphatic heterocycles. The van der Waals surface area contributed by atoms with Crippen molar-refractivity contribution in [3.63, 3.8) is 0 Å². The van der Waals surface area contributed by atoms with Crippen molar-refractivity contribution in [2.75, 3.05) is 17.7 Å². The van der Waals surface area contributed by atoms with Crippen LogP contribution in [0.15, 0.2) is 70.0 Å². The summed E-state index contributed by atoms with van der Waals surface area (Å²) in [5.74, 6) is -0.631. The zero-order chi connectivity index (χ0) is 22.7. The summed E-state index contributed by atoms with van der Waals surface area (Å²) in [6.07, 6.45) is 0. The molecule has 0 saturated heterocycles. The number of rotatable bonds is 7. The Hall–Kier alpha value is -2.77. The minimum Gasteiger partial charge on any atom is -0.455 e. The number of ether oxygens (including phenoxy) is 1. The molecular formula is C25H23BrN2O3S. The summed E-state index contributed by atoms with van der Waals surface area (Å²) >= 11 is 4.82. The lowest BCUT2D eigenvalue weighted by Gasteiger charge is -2.08. The number of carbonyl (C=O) groups excluding carboxylic acids is 2. The third-order valence-electron chi connectivity index (χ3n) is 5.22. The molecule has 0 aliphatic rings. The number of hydrogen-bond donors (Lipinski definition) is 1. The number of nitrogens with zero attached hydrogens (tertiary/aromatic N) is 1. The summed E-state index contributed by atoms with van der Waals surface area (Å²) in [5.41, 5.74) is 4.05. The van der Waals surface area contributed by atoms with Gasteiger partial charge in [0.2, 0.25) is 0 Å². The SMILES string of the molecule is CCn1c2ccccc2c2cc(NC(=O)COC(=O)CSc3ccc(Br)cc3C)ccc21. The molecule has 3 aromatic carbocycles. The summed E-state index contributed by atoms with van der Waals surface area (Å²) in [4.78, 5) is 25.4. The lowest BCUT2D eigenvalue weighted by Crippen LogP contribution is -2.21. The Morgan fingerprint density at radius 1 is 1.03 bits per heavy atom. The van der Waals surface area contributed by atoms with Crippen LogP contribution in [0.25, 0.3) is 21.8 Å². The van der Waals surface area contributed by atoms with E-state index >= 15 is 0 Å². The molecule has 1 aromatic heterocycles. The fourth-order valence-electron chi connectivity index (χ4n) is 3.77. The number of aromatic nitrogens is 1. The first-order valence-corrected chi connectivity index (χ1v) is 12.1. The van der Waals surface area contributed by atoms with Crippen LogP contribution < -0.4 is 5.32 Å². The van der Waals surface area contributed by atoms with E-state index < -0.39 is 5.97 Å². The summed E-state index contributed by atoms with van der Waals surface area (Å²) in [6, 6.07) is 20.0. The van der Waals surface area contributed by atoms with E-state index in [9.17, 15) is 9.59 Å². The Bertz CT molecular complexity index is 1320. The van der Waals surface area contributed by atoms with Crippen molar-refractivity contribution < 1.29 is 14.3 Å². The number of carbonyl (C=O) groups is 2. The predicted molar refractivity (Wildman–Crippen MR) is 134 cm³/mol. The smallest absolute Gasteiger partial charge is 0.316 e. The lowest BCUT2D eigenvalue weighted by molar-refractivity contribution is -0.144. The number of esters is 1. The van der Waals surface area contributed by atoms with E-state index in [-0.39, 0.29) is 18.3 Å². The Morgan fingerprint density at radius 3 is 2.59 bits per heavy atom. The van der Waals surface area contributed by atoms with Gasteiger partial charge in [-0.25, -0.2) is 0 Å². The standard InChI is InChI=1S/C25H23BrN2O3S/c1-3-28-21-7-5-4-6-19(21)20-13-18(9-10-22(20)28)27-24(29)14-31-25(30)15-32-23-11-8-17(26)12-16(23)2/h4-13H,3,14-15H2,1-2H3,(H,27,29). The van der Waals surface area contributed by atoms with Gasteiger partial charge in [-0.05, 0) is 61.9 Å². The van der Waals surface area contributed by atoms with Crippen LogP contribution in [-0.2, 0) is 20.9 Å². The molecule has 4 aromatic rings. The molecule has 0 radical (unpaired) electrons. The van der Waals surface area contributed by atoms with Gasteiger partial charge in [0.1, 0.15) is 0 Å². The number of anilines is 1. The third-order valence-corrected chi connectivity index (χ3v) is 6.86. The topological polar surface area (TPSA) is 60.3 Å². The van der Waals surface area contributed by atoms with Gasteiger partial charge in [-0.3, -0.25) is 9.59 Å². The molecule has 7 heteroatoms. The maximum absolute atomic E-state index is 12.3. The van der Waals surface area contributed by atoms with Crippen LogP contribution in [-0.4, -0.2) is 28.8 Å². The molecule has 0 fully saturated rings. The third kappa shape index (κ3) is 4.84. The Balaban J connectivity index is 1.36. The molecular weight excluding hydrogens is 488 g/mol. The summed E-state index contributed by atoms with van der Waals surface area (Å²) < 4.78 is 8.40. The second-order valence-electron chi connectivity index (χ2n) is 7.40. The van der Waals surface area contributed by atoms with Gasteiger partial charge in [-0.15, -0.1) is 11.8 Å². The first-order chi connectivity index (χ1) is 15.5. The number of hydrogen-bond acceptors (Lipinski definition) is 4. The zero-order valence-electron chi connectivity index (χ0n) is 17.9. The van der Waals surface area contributed by atoms with Crippen molar-refractivity contribution in [3.8, 4) is 0 Å². The van der Waals surface area contributed by atoms with Gasteiger partial charge in [0.25, 0.3) is 5.91 Å². The molecule has 1 amide bonds. The highest BCUT2D eigenvalue weighted by Crippen LogP contribution is 2.31. The van der Waals surface area contributed by atoms with Crippen LogP contribution in [0.2, 0.25) is 0 Å². The number of para-hydroxylation sites is 1. The van der Waals surface area contributed by atoms with E-state index in [1.165, 1.54) is 17.3 Å². The van der Waals surface area contributed by atoms with Gasteiger partial charge >= 0.3 is 5.97 Å². The lowest BCUT2D eigenvalue weighted by atomic mass is 10.1. The van der Waals surface area contributed by atoms with Gasteiger partial charge in [-0.1, -0.05) is 34.1 Å². The molecule has 0 spiro atoms. The fourth-order valence-corrected chi connectivity index (χ4v) is 5.05. The van der Waals surface area contributed by atoms with Crippen molar-refractivity contribution in [2.24, 2.45) is 0 Å². The van der Waals surface area contributed by atoms with Gasteiger partial charge in [0.05, 0.1) is 5.75 Å². The molecule has 5 nitrogen and oxygen atoms in total. The molecule has 1 heterocycles. The molecule has 0 bridgehead atoms. The normalized spacial score (nSPS) is 11.1. The Kier molecular flexibility index (Phi) is 6.86. The van der Waals surface area contributed by atoms with E-state index in [1.54, 1.807) is 0 Å². The largest absolute Gasteiger partial charge is 0.455 e. The molecule has 4 rings (SSSR count). The Morgan fingerprint density at radius 2 is 1.81 bits per heavy atom. The highest BCUT2D eigenvalue weighted by Gasteiger charge is 2.12. The van der Waals surface area contributed by atoms with E-state index in [0.717, 1.165) is 37.8 Å². The van der Waals surface area contributed by atoms with Crippen LogP contribution in [0.4, 0.5) is 5.69 Å². The zero-order valence-corrected chi connectivity index (χ0v) is 20.3. The number of halogens is 1. The molecule has 164 valence electrons. The molecule has 32 heavy (non-hydrogen) atoms. The number of amides is 1. The highest BCUT2D eigenvalue weighted by atomic mass is 79.9. The van der Waals surface area contributed by atoms with E-state index in [1.807, 2.05) is 55.5 Å². The summed E-state index contributed by atoms with van der Waals surface area (Å²) in [6.45, 7) is 4.66. The van der Waals surface area contributed by atoms with Crippen LogP contribution in [0, 0.1) is 6.92 Å². The number of thioether (sulfide) groups is 1. The minimum absolute atomic E-state index is 0.151. The minimum atomic E-state index is -0.422. The monoisotopic (exact) mass is 510 g/mol. The number of benzene rings is 3. The van der Waals surface area contributed by atoms with Crippen molar-refractivity contribution in [1.29, 1.82) is 0 Å². The quantitative estimate of drug-likeness (QED) is 0.239. The van der Waals surface area contributed by atoms with Crippen LogP contribution in [0.5, 0.6) is 0 Å². The molecule has 0 saturated carbocycles. The average Bonchev–Trinajstić information content (AvgIpc) is 3.10. The van der Waals surface area contributed by atoms with Crippen molar-refractivity contribution in [1.82, 2.24) is 4.57 Å². The van der Waals surface area contributed by atoms with Crippen molar-refractivity contribution in [2.45, 2.75) is 25.3 Å². The van der Waals surface area contributed by atoms with Crippen LogP contribution >= 0.6 is 27.7 Å². The van der Waals surface area contributed by atoms with Crippen molar-refractivity contribution in [3.05, 3.63) is 70.7 Å². The molecule has 0 atom stereocenters. The number of fused-ring (bicyclic) bond motifs is 3. The van der Waals surface area contributed by atoms with Gasteiger partial charge in [-0.2, -0.15) is 0 Å². The highest BCUT2D eigenvalue weighted by molar-refractivity contribution is 9.10. The van der Waals surface area contributed by atoms with E-state index in [4.69, 9.17) is 4.74 Å². The van der Waals surface area contributed by atoms with E-state index in [2.05, 4.69) is 44.9 Å². The summed E-state index contributed by atoms with van der Waals surface area (Å²) in [5, 5.41) is 5.06. The molecule has 0 aliphatic carbocycles. The van der Waals surface area contributed by atoms with Crippen molar-refractivity contribution >= 4 is 67.1 Å². The second-order valence-corrected chi connectivity index (χ2v) is 9.33. The first kappa shape index (κ1) is 22.4. The average molecular weight is 511 g/mol. The van der Waals surface area contributed by atoms with E-state index in [0.29, 0.717) is 5.69 Å². The summed E-state index contributed by atoms with van der Waals surface area (Å²) in [7, 11) is 0. The number of nitrogens with one attached hydrogen (secondary N) is 1. The second kappa shape index (κ2) is 9.79. The van der Waals surface area contributed by atoms with Crippen LogP contribution in [0.1, 0.15) is 12.5 Å². The van der Waals surface area contributed by atoms with Gasteiger partial charge in [0.15, 0.2) is 6.61 Å². The maximum Gasteiger partial charge on any atom is 0.316 e. The number of aryl methyl sites for hydroxylation is 2. The molecule has 0 unspecified atom stereocenters. The van der Waals surface area contributed by atoms with Gasteiger partial charge in [0, 0.05) is 43.4 Å². The maximum atomic E-state index is 12.3. The predicted octanol–water partition coefficient (Wildman–Crippen LogP) is 6.16. The van der Waals surface area contributed by atoms with Gasteiger partial charge < -0.3 is 14.6 Å². The van der Waals surface area contributed by atoms with Crippen LogP contribution in [0.3, 0.4) is 0 Å². The first-order valence-electron chi connectivity index (χ1n) is 10.3.